The van der Waals surface area contributed by atoms with Gasteiger partial charge >= 0.3 is 6.09 Å². The van der Waals surface area contributed by atoms with Crippen molar-refractivity contribution in [1.82, 2.24) is 10.4 Å². The molecule has 8 heteroatoms. The highest BCUT2D eigenvalue weighted by Gasteiger charge is 2.72. The Hall–Kier alpha value is -1.19. The maximum absolute atomic E-state index is 12.6. The van der Waals surface area contributed by atoms with Gasteiger partial charge in [0.05, 0.1) is 19.8 Å². The van der Waals surface area contributed by atoms with E-state index in [1.165, 1.54) is 5.57 Å². The van der Waals surface area contributed by atoms with Crippen LogP contribution in [0.2, 0.25) is 0 Å². The van der Waals surface area contributed by atoms with E-state index in [0.717, 1.165) is 38.5 Å². The minimum absolute atomic E-state index is 0.107. The smallest absolute Gasteiger partial charge is 0.409 e. The Kier molecular flexibility index (Phi) is 6.16. The molecule has 0 aromatic heterocycles. The number of amides is 1. The zero-order valence-corrected chi connectivity index (χ0v) is 18.7. The van der Waals surface area contributed by atoms with Crippen molar-refractivity contribution >= 4 is 6.09 Å². The molecular weight excluding hydrogens is 386 g/mol. The molecule has 4 fully saturated rings. The molecule has 3 N–H and O–H groups in total. The fourth-order valence-corrected chi connectivity index (χ4v) is 5.26. The molecule has 30 heavy (non-hydrogen) atoms. The fraction of sp³-hybridized carbons (Fsp3) is 0.864. The topological polar surface area (TPSA) is 102 Å². The summed E-state index contributed by atoms with van der Waals surface area (Å²) in [7, 11) is 1.63. The summed E-state index contributed by atoms with van der Waals surface area (Å²) < 4.78 is 17.9. The van der Waals surface area contributed by atoms with Gasteiger partial charge in [0.2, 0.25) is 0 Å². The SMILES string of the molecule is CON1C(OC(=O)NC2CCC(N)CC2)CCC2(CO2)C1[C@]1(C)OC1CC=C(C)C. The van der Waals surface area contributed by atoms with Crippen molar-refractivity contribution < 1.29 is 23.8 Å². The first-order valence-electron chi connectivity index (χ1n) is 11.3. The number of hydrogen-bond acceptors (Lipinski definition) is 7. The number of nitrogens with zero attached hydrogens (tertiary/aromatic N) is 1. The normalized spacial score (nSPS) is 43.2. The lowest BCUT2D eigenvalue weighted by molar-refractivity contribution is -0.281. The van der Waals surface area contributed by atoms with Crippen LogP contribution in [0.3, 0.4) is 0 Å². The number of alkyl carbamates (subject to hydrolysis) is 1. The minimum Gasteiger partial charge on any atom is -0.428 e. The van der Waals surface area contributed by atoms with E-state index in [1.54, 1.807) is 12.2 Å². The van der Waals surface area contributed by atoms with Crippen LogP contribution in [0.1, 0.15) is 65.7 Å². The highest BCUT2D eigenvalue weighted by atomic mass is 16.7. The average Bonchev–Trinajstić information content (AvgIpc) is 3.61. The van der Waals surface area contributed by atoms with Crippen molar-refractivity contribution in [3.05, 3.63) is 11.6 Å². The van der Waals surface area contributed by atoms with Crippen LogP contribution < -0.4 is 11.1 Å². The number of hydroxylamine groups is 2. The van der Waals surface area contributed by atoms with E-state index in [0.29, 0.717) is 13.0 Å². The molecule has 0 bridgehead atoms. The summed E-state index contributed by atoms with van der Waals surface area (Å²) >= 11 is 0. The van der Waals surface area contributed by atoms with Crippen molar-refractivity contribution in [3.63, 3.8) is 0 Å². The number of hydrogen-bond donors (Lipinski definition) is 2. The third-order valence-corrected chi connectivity index (χ3v) is 7.18. The van der Waals surface area contributed by atoms with Gasteiger partial charge in [-0.1, -0.05) is 11.6 Å². The molecule has 1 amide bonds. The summed E-state index contributed by atoms with van der Waals surface area (Å²) in [6.07, 6.45) is 7.46. The molecule has 4 unspecified atom stereocenters. The molecule has 3 aliphatic heterocycles. The summed E-state index contributed by atoms with van der Waals surface area (Å²) in [5.74, 6) is 0. The number of carbonyl (C=O) groups is 1. The van der Waals surface area contributed by atoms with Crippen molar-refractivity contribution in [3.8, 4) is 0 Å². The number of epoxide rings is 2. The van der Waals surface area contributed by atoms with E-state index >= 15 is 0 Å². The first-order chi connectivity index (χ1) is 14.3. The summed E-state index contributed by atoms with van der Waals surface area (Å²) in [4.78, 5) is 18.4. The molecule has 0 aromatic rings. The Morgan fingerprint density at radius 1 is 1.27 bits per heavy atom. The predicted molar refractivity (Wildman–Crippen MR) is 112 cm³/mol. The summed E-state index contributed by atoms with van der Waals surface area (Å²) in [5.41, 5.74) is 6.57. The van der Waals surface area contributed by atoms with Gasteiger partial charge in [-0.25, -0.2) is 4.79 Å². The molecule has 0 radical (unpaired) electrons. The number of nitrogens with one attached hydrogen (secondary N) is 1. The van der Waals surface area contributed by atoms with Crippen LogP contribution in [0.4, 0.5) is 4.79 Å². The van der Waals surface area contributed by atoms with E-state index in [9.17, 15) is 4.79 Å². The number of nitrogens with two attached hydrogens (primary N) is 1. The van der Waals surface area contributed by atoms with Gasteiger partial charge in [0.1, 0.15) is 17.2 Å². The Bertz CT molecular complexity index is 670. The van der Waals surface area contributed by atoms with Gasteiger partial charge in [0, 0.05) is 18.5 Å². The molecule has 0 aromatic carbocycles. The third kappa shape index (κ3) is 4.39. The van der Waals surface area contributed by atoms with Crippen molar-refractivity contribution in [2.75, 3.05) is 13.7 Å². The summed E-state index contributed by atoms with van der Waals surface area (Å²) in [6.45, 7) is 6.99. The largest absolute Gasteiger partial charge is 0.428 e. The maximum atomic E-state index is 12.6. The first kappa shape index (κ1) is 22.0. The van der Waals surface area contributed by atoms with Crippen molar-refractivity contribution in [1.29, 1.82) is 0 Å². The second kappa shape index (κ2) is 8.39. The van der Waals surface area contributed by atoms with E-state index < -0.39 is 17.9 Å². The standard InChI is InChI=1S/C22H37N3O5/c1-14(2)5-10-17-21(3,30-17)19-22(13-28-22)12-11-18(25(19)27-4)29-20(26)24-16-8-6-15(23)7-9-16/h5,15-19H,6-13,23H2,1-4H3,(H,24,26)/t15?,16?,17?,18?,19?,21-,22?/m1/s1. The average molecular weight is 424 g/mol. The zero-order valence-electron chi connectivity index (χ0n) is 18.7. The Morgan fingerprint density at radius 2 is 1.97 bits per heavy atom. The van der Waals surface area contributed by atoms with E-state index in [-0.39, 0.29) is 29.8 Å². The molecule has 1 spiro atoms. The first-order valence-corrected chi connectivity index (χ1v) is 11.3. The molecule has 5 atom stereocenters. The predicted octanol–water partition coefficient (Wildman–Crippen LogP) is 2.62. The number of piperidine rings is 1. The zero-order chi connectivity index (χ0) is 21.5. The van der Waals surface area contributed by atoms with Gasteiger partial charge in [-0.3, -0.25) is 4.84 Å². The van der Waals surface area contributed by atoms with Gasteiger partial charge in [0.15, 0.2) is 6.23 Å². The van der Waals surface area contributed by atoms with Crippen LogP contribution in [0, 0.1) is 0 Å². The number of carbonyl (C=O) groups excluding carboxylic acids is 1. The van der Waals surface area contributed by atoms with Crippen LogP contribution >= 0.6 is 0 Å². The van der Waals surface area contributed by atoms with Gasteiger partial charge in [-0.05, 0) is 59.3 Å². The van der Waals surface area contributed by atoms with E-state index in [1.807, 2.05) is 0 Å². The van der Waals surface area contributed by atoms with Crippen molar-refractivity contribution in [2.24, 2.45) is 5.73 Å². The van der Waals surface area contributed by atoms with Crippen molar-refractivity contribution in [2.45, 2.75) is 107 Å². The second-order valence-corrected chi connectivity index (χ2v) is 9.76. The fourth-order valence-electron chi connectivity index (χ4n) is 5.26. The van der Waals surface area contributed by atoms with E-state index in [4.69, 9.17) is 24.8 Å². The van der Waals surface area contributed by atoms with Crippen LogP contribution in [-0.4, -0.2) is 66.5 Å². The lowest BCUT2D eigenvalue weighted by Gasteiger charge is -2.44. The lowest BCUT2D eigenvalue weighted by Crippen LogP contribution is -2.62. The quantitative estimate of drug-likeness (QED) is 0.500. The molecule has 170 valence electrons. The van der Waals surface area contributed by atoms with Gasteiger partial charge in [0.25, 0.3) is 0 Å². The second-order valence-electron chi connectivity index (χ2n) is 9.76. The Labute approximate surface area is 179 Å². The van der Waals surface area contributed by atoms with Gasteiger partial charge in [-0.15, -0.1) is 5.06 Å². The maximum Gasteiger partial charge on any atom is 0.409 e. The molecule has 1 aliphatic carbocycles. The summed E-state index contributed by atoms with van der Waals surface area (Å²) in [6, 6.07) is 0.253. The molecular formula is C22H37N3O5. The summed E-state index contributed by atoms with van der Waals surface area (Å²) in [5, 5.41) is 4.81. The number of ether oxygens (including phenoxy) is 3. The molecule has 1 saturated carbocycles. The van der Waals surface area contributed by atoms with Crippen LogP contribution in [0.15, 0.2) is 11.6 Å². The molecule has 3 saturated heterocycles. The Morgan fingerprint density at radius 3 is 2.57 bits per heavy atom. The molecule has 4 rings (SSSR count). The van der Waals surface area contributed by atoms with Crippen LogP contribution in [-0.2, 0) is 19.0 Å². The van der Waals surface area contributed by atoms with E-state index in [2.05, 4.69) is 32.2 Å². The Balaban J connectivity index is 1.40. The van der Waals surface area contributed by atoms with Gasteiger partial charge in [-0.2, -0.15) is 0 Å². The molecule has 3 heterocycles. The highest BCUT2D eigenvalue weighted by Crippen LogP contribution is 2.55. The highest BCUT2D eigenvalue weighted by molar-refractivity contribution is 5.67. The number of rotatable bonds is 6. The number of allylic oxidation sites excluding steroid dienone is 1. The monoisotopic (exact) mass is 423 g/mol. The van der Waals surface area contributed by atoms with Gasteiger partial charge < -0.3 is 25.3 Å². The molecule has 8 nitrogen and oxygen atoms in total. The molecule has 4 aliphatic rings. The third-order valence-electron chi connectivity index (χ3n) is 7.18. The van der Waals surface area contributed by atoms with Crippen LogP contribution in [0.25, 0.3) is 0 Å². The lowest BCUT2D eigenvalue weighted by atomic mass is 9.80. The van der Waals surface area contributed by atoms with Crippen LogP contribution in [0.5, 0.6) is 0 Å². The minimum atomic E-state index is -0.467.